The van der Waals surface area contributed by atoms with Crippen molar-refractivity contribution < 1.29 is 4.79 Å². The van der Waals surface area contributed by atoms with Crippen molar-refractivity contribution in [3.05, 3.63) is 0 Å². The second-order valence-electron chi connectivity index (χ2n) is 4.53. The first kappa shape index (κ1) is 11.5. The number of carbonyl (C=O) groups excluding carboxylic acids is 1. The summed E-state index contributed by atoms with van der Waals surface area (Å²) in [5, 5.41) is 0. The number of nitrogens with zero attached hydrogens (tertiary/aromatic N) is 1. The fourth-order valence-corrected chi connectivity index (χ4v) is 1.99. The molecular formula is C10H21N3O. The van der Waals surface area contributed by atoms with Crippen molar-refractivity contribution in [1.29, 1.82) is 0 Å². The van der Waals surface area contributed by atoms with Gasteiger partial charge in [0.25, 0.3) is 0 Å². The topological polar surface area (TPSA) is 58.4 Å². The third-order valence-corrected chi connectivity index (χ3v) is 3.28. The van der Waals surface area contributed by atoms with Crippen molar-refractivity contribution in [3.8, 4) is 0 Å². The Morgan fingerprint density at radius 3 is 2.43 bits per heavy atom. The Balaban J connectivity index is 2.39. The number of hydrogen-bond donors (Lipinski definition) is 2. The summed E-state index contributed by atoms with van der Waals surface area (Å²) in [5.41, 5.74) is 2.18. The molecule has 14 heavy (non-hydrogen) atoms. The molecule has 0 radical (unpaired) electrons. The predicted molar refractivity (Wildman–Crippen MR) is 56.3 cm³/mol. The van der Waals surface area contributed by atoms with Crippen LogP contribution in [-0.2, 0) is 4.79 Å². The van der Waals surface area contributed by atoms with E-state index in [0.717, 1.165) is 24.9 Å². The number of likely N-dealkylation sites (tertiary alicyclic amines) is 1. The summed E-state index contributed by atoms with van der Waals surface area (Å²) in [6.45, 7) is 8.81. The lowest BCUT2D eigenvalue weighted by Gasteiger charge is -2.23. The van der Waals surface area contributed by atoms with Crippen LogP contribution < -0.4 is 11.3 Å². The van der Waals surface area contributed by atoms with E-state index >= 15 is 0 Å². The summed E-state index contributed by atoms with van der Waals surface area (Å²) in [6, 6.07) is 0.297. The molecule has 3 unspecified atom stereocenters. The molecule has 1 saturated heterocycles. The highest BCUT2D eigenvalue weighted by Crippen LogP contribution is 2.24. The number of nitrogens with two attached hydrogens (primary N) is 1. The molecule has 1 amide bonds. The summed E-state index contributed by atoms with van der Waals surface area (Å²) in [4.78, 5) is 13.4. The summed E-state index contributed by atoms with van der Waals surface area (Å²) in [5.74, 6) is 6.45. The van der Waals surface area contributed by atoms with Crippen molar-refractivity contribution in [2.75, 3.05) is 13.1 Å². The van der Waals surface area contributed by atoms with Gasteiger partial charge in [-0.2, -0.15) is 0 Å². The molecule has 1 heterocycles. The number of hydrazine groups is 1. The highest BCUT2D eigenvalue weighted by atomic mass is 16.2. The first-order valence-electron chi connectivity index (χ1n) is 5.28. The van der Waals surface area contributed by atoms with Crippen molar-refractivity contribution in [1.82, 2.24) is 10.3 Å². The van der Waals surface area contributed by atoms with Crippen LogP contribution in [0.3, 0.4) is 0 Å². The molecule has 0 aromatic carbocycles. The Kier molecular flexibility index (Phi) is 3.89. The molecule has 3 atom stereocenters. The van der Waals surface area contributed by atoms with E-state index in [4.69, 9.17) is 5.84 Å². The molecule has 3 N–H and O–H groups in total. The quantitative estimate of drug-likeness (QED) is 0.391. The molecule has 4 heteroatoms. The third-order valence-electron chi connectivity index (χ3n) is 3.28. The maximum absolute atomic E-state index is 11.1. The normalized spacial score (nSPS) is 30.3. The van der Waals surface area contributed by atoms with Crippen molar-refractivity contribution >= 4 is 5.91 Å². The van der Waals surface area contributed by atoms with Gasteiger partial charge in [-0.3, -0.25) is 15.1 Å². The van der Waals surface area contributed by atoms with Crippen LogP contribution in [0.2, 0.25) is 0 Å². The molecule has 0 spiro atoms. The molecule has 0 aliphatic carbocycles. The van der Waals surface area contributed by atoms with E-state index in [-0.39, 0.29) is 5.91 Å². The second-order valence-corrected chi connectivity index (χ2v) is 4.53. The van der Waals surface area contributed by atoms with Gasteiger partial charge in [0.1, 0.15) is 0 Å². The van der Waals surface area contributed by atoms with Gasteiger partial charge < -0.3 is 0 Å². The minimum absolute atomic E-state index is 0.0790. The average Bonchev–Trinajstić information content (AvgIpc) is 2.47. The van der Waals surface area contributed by atoms with E-state index in [1.165, 1.54) is 0 Å². The highest BCUT2D eigenvalue weighted by Gasteiger charge is 2.29. The van der Waals surface area contributed by atoms with E-state index in [2.05, 4.69) is 31.1 Å². The largest absolute Gasteiger partial charge is 0.300 e. The first-order chi connectivity index (χ1) is 6.54. The minimum Gasteiger partial charge on any atom is -0.300 e. The Bertz CT molecular complexity index is 198. The van der Waals surface area contributed by atoms with Crippen LogP contribution in [0.4, 0.5) is 0 Å². The SMILES string of the molecule is CC1CN(C(C)CC(=O)NN)CC1C. The third kappa shape index (κ3) is 2.69. The van der Waals surface area contributed by atoms with Gasteiger partial charge in [0.15, 0.2) is 0 Å². The second kappa shape index (κ2) is 4.75. The standard InChI is InChI=1S/C10H21N3O/c1-7-5-13(6-8(7)2)9(3)4-10(14)12-11/h7-9H,4-6,11H2,1-3H3,(H,12,14). The van der Waals surface area contributed by atoms with Crippen LogP contribution in [-0.4, -0.2) is 29.9 Å². The fraction of sp³-hybridized carbons (Fsp3) is 0.900. The Labute approximate surface area is 85.8 Å². The van der Waals surface area contributed by atoms with E-state index < -0.39 is 0 Å². The predicted octanol–water partition coefficient (Wildman–Crippen LogP) is 0.343. The lowest BCUT2D eigenvalue weighted by molar-refractivity contribution is -0.122. The first-order valence-corrected chi connectivity index (χ1v) is 5.28. The zero-order valence-electron chi connectivity index (χ0n) is 9.29. The maximum atomic E-state index is 11.1. The Morgan fingerprint density at radius 1 is 1.50 bits per heavy atom. The van der Waals surface area contributed by atoms with Crippen LogP contribution >= 0.6 is 0 Å². The Morgan fingerprint density at radius 2 is 2.00 bits per heavy atom. The molecule has 1 fully saturated rings. The smallest absolute Gasteiger partial charge is 0.235 e. The van der Waals surface area contributed by atoms with Gasteiger partial charge in [-0.15, -0.1) is 0 Å². The van der Waals surface area contributed by atoms with Gasteiger partial charge in [-0.1, -0.05) is 13.8 Å². The van der Waals surface area contributed by atoms with Crippen LogP contribution in [0.1, 0.15) is 27.2 Å². The summed E-state index contributed by atoms with van der Waals surface area (Å²) < 4.78 is 0. The monoisotopic (exact) mass is 199 g/mol. The lowest BCUT2D eigenvalue weighted by atomic mass is 10.0. The Hall–Kier alpha value is -0.610. The molecular weight excluding hydrogens is 178 g/mol. The van der Waals surface area contributed by atoms with Crippen LogP contribution in [0.5, 0.6) is 0 Å². The van der Waals surface area contributed by atoms with Gasteiger partial charge in [-0.05, 0) is 18.8 Å². The number of nitrogens with one attached hydrogen (secondary N) is 1. The molecule has 1 aliphatic rings. The number of rotatable bonds is 3. The van der Waals surface area contributed by atoms with Gasteiger partial charge >= 0.3 is 0 Å². The fourth-order valence-electron chi connectivity index (χ4n) is 1.99. The van der Waals surface area contributed by atoms with Crippen molar-refractivity contribution in [2.45, 2.75) is 33.2 Å². The van der Waals surface area contributed by atoms with E-state index in [9.17, 15) is 4.79 Å². The molecule has 1 rings (SSSR count). The average molecular weight is 199 g/mol. The molecule has 0 saturated carbocycles. The van der Waals surface area contributed by atoms with Gasteiger partial charge in [0.2, 0.25) is 5.91 Å². The summed E-state index contributed by atoms with van der Waals surface area (Å²) >= 11 is 0. The van der Waals surface area contributed by atoms with E-state index in [1.807, 2.05) is 0 Å². The molecule has 4 nitrogen and oxygen atoms in total. The summed E-state index contributed by atoms with van der Waals surface area (Å²) in [6.07, 6.45) is 0.496. The van der Waals surface area contributed by atoms with Crippen LogP contribution in [0.25, 0.3) is 0 Å². The lowest BCUT2D eigenvalue weighted by Crippen LogP contribution is -2.38. The number of carbonyl (C=O) groups is 1. The van der Waals surface area contributed by atoms with Gasteiger partial charge in [-0.25, -0.2) is 5.84 Å². The zero-order valence-corrected chi connectivity index (χ0v) is 9.29. The van der Waals surface area contributed by atoms with Gasteiger partial charge in [0, 0.05) is 25.6 Å². The molecule has 0 bridgehead atoms. The summed E-state index contributed by atoms with van der Waals surface area (Å²) in [7, 11) is 0. The van der Waals surface area contributed by atoms with Crippen LogP contribution in [0, 0.1) is 11.8 Å². The van der Waals surface area contributed by atoms with Gasteiger partial charge in [0.05, 0.1) is 0 Å². The number of hydrogen-bond acceptors (Lipinski definition) is 3. The van der Waals surface area contributed by atoms with Crippen molar-refractivity contribution in [3.63, 3.8) is 0 Å². The highest BCUT2D eigenvalue weighted by molar-refractivity contribution is 5.75. The minimum atomic E-state index is -0.0790. The molecule has 0 aromatic rings. The van der Waals surface area contributed by atoms with E-state index in [1.54, 1.807) is 0 Å². The van der Waals surface area contributed by atoms with E-state index in [0.29, 0.717) is 12.5 Å². The molecule has 0 aromatic heterocycles. The zero-order chi connectivity index (χ0) is 10.7. The maximum Gasteiger partial charge on any atom is 0.235 e. The van der Waals surface area contributed by atoms with Crippen molar-refractivity contribution in [2.24, 2.45) is 17.7 Å². The molecule has 1 aliphatic heterocycles. The van der Waals surface area contributed by atoms with Crippen LogP contribution in [0.15, 0.2) is 0 Å². The molecule has 82 valence electrons. The number of amides is 1.